The van der Waals surface area contributed by atoms with Crippen LogP contribution in [0.25, 0.3) is 5.65 Å². The van der Waals surface area contributed by atoms with Gasteiger partial charge in [-0.1, -0.05) is 6.07 Å². The summed E-state index contributed by atoms with van der Waals surface area (Å²) in [6.45, 7) is 1.32. The van der Waals surface area contributed by atoms with Crippen LogP contribution in [-0.4, -0.2) is 44.0 Å². The van der Waals surface area contributed by atoms with E-state index in [4.69, 9.17) is 0 Å². The Morgan fingerprint density at radius 2 is 2.15 bits per heavy atom. The van der Waals surface area contributed by atoms with Gasteiger partial charge in [-0.05, 0) is 25.0 Å². The van der Waals surface area contributed by atoms with Gasteiger partial charge in [0.25, 0.3) is 11.5 Å². The van der Waals surface area contributed by atoms with Crippen LogP contribution < -0.4 is 15.8 Å². The van der Waals surface area contributed by atoms with Crippen molar-refractivity contribution in [2.75, 3.05) is 18.0 Å². The van der Waals surface area contributed by atoms with Crippen molar-refractivity contribution in [3.05, 3.63) is 59.0 Å². The molecule has 1 fully saturated rings. The average Bonchev–Trinajstić information content (AvgIpc) is 3.08. The zero-order valence-electron chi connectivity index (χ0n) is 14.5. The van der Waals surface area contributed by atoms with Crippen molar-refractivity contribution in [2.45, 2.75) is 18.9 Å². The van der Waals surface area contributed by atoms with Gasteiger partial charge in [0.05, 0.1) is 6.20 Å². The first kappa shape index (κ1) is 16.3. The van der Waals surface area contributed by atoms with E-state index in [9.17, 15) is 9.59 Å². The first-order chi connectivity index (χ1) is 12.6. The van der Waals surface area contributed by atoms with Gasteiger partial charge in [-0.15, -0.1) is 0 Å². The van der Waals surface area contributed by atoms with Crippen LogP contribution in [-0.2, 0) is 7.05 Å². The maximum Gasteiger partial charge on any atom is 0.293 e. The van der Waals surface area contributed by atoms with Gasteiger partial charge in [-0.2, -0.15) is 0 Å². The summed E-state index contributed by atoms with van der Waals surface area (Å²) in [6, 6.07) is 5.56. The minimum absolute atomic E-state index is 0.0442. The summed E-state index contributed by atoms with van der Waals surface area (Å²) in [5.41, 5.74) is 1.12. The maximum atomic E-state index is 12.7. The van der Waals surface area contributed by atoms with E-state index in [1.807, 2.05) is 29.3 Å². The van der Waals surface area contributed by atoms with E-state index >= 15 is 0 Å². The predicted molar refractivity (Wildman–Crippen MR) is 97.4 cm³/mol. The lowest BCUT2D eigenvalue weighted by atomic mass is 10.1. The molecule has 4 heterocycles. The van der Waals surface area contributed by atoms with Gasteiger partial charge in [0.15, 0.2) is 5.82 Å². The zero-order chi connectivity index (χ0) is 18.1. The zero-order valence-corrected chi connectivity index (χ0v) is 14.5. The summed E-state index contributed by atoms with van der Waals surface area (Å²) in [5, 5.41) is 3.07. The number of anilines is 1. The molecule has 1 unspecified atom stereocenters. The monoisotopic (exact) mass is 352 g/mol. The Bertz CT molecular complexity index is 1010. The quantitative estimate of drug-likeness (QED) is 0.755. The number of rotatable bonds is 3. The number of carbonyl (C=O) groups excluding carboxylic acids is 1. The van der Waals surface area contributed by atoms with Crippen LogP contribution in [0.3, 0.4) is 0 Å². The summed E-state index contributed by atoms with van der Waals surface area (Å²) in [4.78, 5) is 35.4. The SMILES string of the molecule is Cn1ccnc(N2CCCC(NC(=O)c3cnc4ccccn34)C2)c1=O. The minimum Gasteiger partial charge on any atom is -0.350 e. The molecule has 8 heteroatoms. The number of amides is 1. The Labute approximate surface area is 150 Å². The summed E-state index contributed by atoms with van der Waals surface area (Å²) in [5.74, 6) is 0.272. The first-order valence-electron chi connectivity index (χ1n) is 8.63. The molecule has 1 aliphatic rings. The van der Waals surface area contributed by atoms with Crippen molar-refractivity contribution >= 4 is 17.4 Å². The smallest absolute Gasteiger partial charge is 0.293 e. The number of nitrogens with zero attached hydrogens (tertiary/aromatic N) is 5. The highest BCUT2D eigenvalue weighted by Crippen LogP contribution is 2.15. The molecule has 1 amide bonds. The Morgan fingerprint density at radius 1 is 1.27 bits per heavy atom. The fourth-order valence-electron chi connectivity index (χ4n) is 3.35. The molecule has 26 heavy (non-hydrogen) atoms. The summed E-state index contributed by atoms with van der Waals surface area (Å²) < 4.78 is 3.29. The highest BCUT2D eigenvalue weighted by atomic mass is 16.2. The third-order valence-electron chi connectivity index (χ3n) is 4.70. The van der Waals surface area contributed by atoms with Gasteiger partial charge in [-0.25, -0.2) is 9.97 Å². The van der Waals surface area contributed by atoms with Crippen molar-refractivity contribution in [3.8, 4) is 0 Å². The molecule has 0 bridgehead atoms. The third-order valence-corrected chi connectivity index (χ3v) is 4.70. The van der Waals surface area contributed by atoms with E-state index in [1.165, 1.54) is 4.57 Å². The molecule has 134 valence electrons. The highest BCUT2D eigenvalue weighted by molar-refractivity contribution is 5.93. The number of pyridine rings is 1. The Balaban J connectivity index is 1.51. The molecular weight excluding hydrogens is 332 g/mol. The second-order valence-corrected chi connectivity index (χ2v) is 6.50. The highest BCUT2D eigenvalue weighted by Gasteiger charge is 2.25. The van der Waals surface area contributed by atoms with Crippen LogP contribution in [0.4, 0.5) is 5.82 Å². The van der Waals surface area contributed by atoms with Crippen molar-refractivity contribution < 1.29 is 4.79 Å². The Kier molecular flexibility index (Phi) is 4.16. The van der Waals surface area contributed by atoms with E-state index in [1.54, 1.807) is 30.0 Å². The number of piperidine rings is 1. The number of hydrogen-bond acceptors (Lipinski definition) is 5. The topological polar surface area (TPSA) is 84.5 Å². The van der Waals surface area contributed by atoms with E-state index < -0.39 is 0 Å². The van der Waals surface area contributed by atoms with Crippen molar-refractivity contribution in [1.29, 1.82) is 0 Å². The summed E-state index contributed by atoms with van der Waals surface area (Å²) in [7, 11) is 1.71. The number of aromatic nitrogens is 4. The lowest BCUT2D eigenvalue weighted by Gasteiger charge is -2.33. The number of carbonyl (C=O) groups is 1. The maximum absolute atomic E-state index is 12.7. The lowest BCUT2D eigenvalue weighted by molar-refractivity contribution is 0.0927. The second-order valence-electron chi connectivity index (χ2n) is 6.50. The molecule has 0 saturated carbocycles. The van der Waals surface area contributed by atoms with E-state index in [0.29, 0.717) is 18.1 Å². The molecule has 3 aromatic rings. The minimum atomic E-state index is -0.163. The number of fused-ring (bicyclic) bond motifs is 1. The molecule has 1 atom stereocenters. The summed E-state index contributed by atoms with van der Waals surface area (Å²) in [6.07, 6.45) is 8.42. The Hall–Kier alpha value is -3.16. The van der Waals surface area contributed by atoms with Gasteiger partial charge < -0.3 is 14.8 Å². The average molecular weight is 352 g/mol. The van der Waals surface area contributed by atoms with E-state index in [2.05, 4.69) is 15.3 Å². The normalized spacial score (nSPS) is 17.4. The molecule has 0 aliphatic carbocycles. The van der Waals surface area contributed by atoms with Gasteiger partial charge in [-0.3, -0.25) is 14.0 Å². The van der Waals surface area contributed by atoms with Crippen LogP contribution in [0.2, 0.25) is 0 Å². The molecule has 0 radical (unpaired) electrons. The third kappa shape index (κ3) is 2.94. The predicted octanol–water partition coefficient (Wildman–Crippen LogP) is 0.827. The van der Waals surface area contributed by atoms with Crippen molar-refractivity contribution in [1.82, 2.24) is 24.3 Å². The number of imidazole rings is 1. The number of aryl methyl sites for hydroxylation is 1. The number of nitrogens with one attached hydrogen (secondary N) is 1. The van der Waals surface area contributed by atoms with Crippen molar-refractivity contribution in [2.24, 2.45) is 7.05 Å². The van der Waals surface area contributed by atoms with Gasteiger partial charge in [0.2, 0.25) is 0 Å². The first-order valence-corrected chi connectivity index (χ1v) is 8.63. The molecule has 0 aromatic carbocycles. The standard InChI is InChI=1S/C18H20N6O2/c1-22-10-7-19-16(18(22)26)23-8-4-5-13(12-23)21-17(25)14-11-20-15-6-2-3-9-24(14)15/h2-3,6-7,9-11,13H,4-5,8,12H2,1H3,(H,21,25). The fourth-order valence-corrected chi connectivity index (χ4v) is 3.35. The van der Waals surface area contributed by atoms with E-state index in [0.717, 1.165) is 25.0 Å². The van der Waals surface area contributed by atoms with Gasteiger partial charge in [0.1, 0.15) is 11.3 Å². The van der Waals surface area contributed by atoms with Crippen molar-refractivity contribution in [3.63, 3.8) is 0 Å². The van der Waals surface area contributed by atoms with Gasteiger partial charge in [0, 0.05) is 44.8 Å². The molecule has 3 aromatic heterocycles. The molecule has 4 rings (SSSR count). The Morgan fingerprint density at radius 3 is 3.04 bits per heavy atom. The van der Waals surface area contributed by atoms with Crippen LogP contribution in [0.5, 0.6) is 0 Å². The summed E-state index contributed by atoms with van der Waals surface area (Å²) >= 11 is 0. The molecule has 8 nitrogen and oxygen atoms in total. The second kappa shape index (κ2) is 6.62. The van der Waals surface area contributed by atoms with Crippen LogP contribution in [0, 0.1) is 0 Å². The molecular formula is C18H20N6O2. The molecule has 1 aliphatic heterocycles. The van der Waals surface area contributed by atoms with E-state index in [-0.39, 0.29) is 17.5 Å². The molecule has 0 spiro atoms. The molecule has 1 N–H and O–H groups in total. The molecule has 1 saturated heterocycles. The number of hydrogen-bond donors (Lipinski definition) is 1. The van der Waals surface area contributed by atoms with Crippen LogP contribution >= 0.6 is 0 Å². The largest absolute Gasteiger partial charge is 0.350 e. The van der Waals surface area contributed by atoms with Gasteiger partial charge >= 0.3 is 0 Å². The lowest BCUT2D eigenvalue weighted by Crippen LogP contribution is -2.49. The van der Waals surface area contributed by atoms with Crippen LogP contribution in [0.1, 0.15) is 23.3 Å². The fraction of sp³-hybridized carbons (Fsp3) is 0.333. The van der Waals surface area contributed by atoms with Crippen LogP contribution in [0.15, 0.2) is 47.8 Å².